The zero-order valence-corrected chi connectivity index (χ0v) is 16.1. The SMILES string of the molecule is Cc1ccc(N2CCC(Nc3cccc(C(=O)N4CCOCC4)c3)C2=O)cc1. The van der Waals surface area contributed by atoms with E-state index in [0.717, 1.165) is 17.8 Å². The van der Waals surface area contributed by atoms with Crippen molar-refractivity contribution in [2.24, 2.45) is 0 Å². The first-order valence-corrected chi connectivity index (χ1v) is 9.73. The van der Waals surface area contributed by atoms with E-state index in [9.17, 15) is 9.59 Å². The molecule has 2 heterocycles. The Hall–Kier alpha value is -2.86. The topological polar surface area (TPSA) is 61.9 Å². The molecule has 0 bridgehead atoms. The van der Waals surface area contributed by atoms with Gasteiger partial charge in [-0.05, 0) is 43.7 Å². The zero-order chi connectivity index (χ0) is 19.5. The number of nitrogens with zero attached hydrogens (tertiary/aromatic N) is 2. The molecule has 28 heavy (non-hydrogen) atoms. The van der Waals surface area contributed by atoms with E-state index in [4.69, 9.17) is 4.74 Å². The van der Waals surface area contributed by atoms with Crippen molar-refractivity contribution >= 4 is 23.2 Å². The molecule has 2 aliphatic heterocycles. The van der Waals surface area contributed by atoms with E-state index in [2.05, 4.69) is 5.32 Å². The molecule has 4 rings (SSSR count). The fourth-order valence-electron chi connectivity index (χ4n) is 3.69. The van der Waals surface area contributed by atoms with Gasteiger partial charge in [-0.3, -0.25) is 9.59 Å². The van der Waals surface area contributed by atoms with Gasteiger partial charge in [0.2, 0.25) is 5.91 Å². The third-order valence-electron chi connectivity index (χ3n) is 5.30. The summed E-state index contributed by atoms with van der Waals surface area (Å²) in [6.07, 6.45) is 0.731. The van der Waals surface area contributed by atoms with Crippen LogP contribution in [0.3, 0.4) is 0 Å². The van der Waals surface area contributed by atoms with Crippen LogP contribution < -0.4 is 10.2 Å². The maximum atomic E-state index is 12.8. The second-order valence-electron chi connectivity index (χ2n) is 7.30. The molecule has 2 saturated heterocycles. The lowest BCUT2D eigenvalue weighted by atomic mass is 10.1. The van der Waals surface area contributed by atoms with Gasteiger partial charge in [-0.2, -0.15) is 0 Å². The van der Waals surface area contributed by atoms with Crippen molar-refractivity contribution in [1.29, 1.82) is 0 Å². The maximum absolute atomic E-state index is 12.8. The van der Waals surface area contributed by atoms with Crippen LogP contribution in [0.15, 0.2) is 48.5 Å². The van der Waals surface area contributed by atoms with Crippen molar-refractivity contribution in [1.82, 2.24) is 4.90 Å². The average Bonchev–Trinajstić information content (AvgIpc) is 3.09. The number of anilines is 2. The van der Waals surface area contributed by atoms with E-state index in [-0.39, 0.29) is 17.9 Å². The van der Waals surface area contributed by atoms with Gasteiger partial charge in [0.1, 0.15) is 6.04 Å². The van der Waals surface area contributed by atoms with E-state index in [0.29, 0.717) is 38.4 Å². The van der Waals surface area contributed by atoms with E-state index in [1.165, 1.54) is 5.56 Å². The first kappa shape index (κ1) is 18.5. The van der Waals surface area contributed by atoms with Crippen molar-refractivity contribution in [3.05, 3.63) is 59.7 Å². The molecule has 2 fully saturated rings. The van der Waals surface area contributed by atoms with Crippen LogP contribution in [0.25, 0.3) is 0 Å². The highest BCUT2D eigenvalue weighted by Crippen LogP contribution is 2.24. The summed E-state index contributed by atoms with van der Waals surface area (Å²) in [5, 5.41) is 3.31. The van der Waals surface area contributed by atoms with E-state index in [1.54, 1.807) is 0 Å². The van der Waals surface area contributed by atoms with Crippen LogP contribution in [0.2, 0.25) is 0 Å². The summed E-state index contributed by atoms with van der Waals surface area (Å²) >= 11 is 0. The normalized spacial score (nSPS) is 19.8. The number of carbonyl (C=O) groups is 2. The third kappa shape index (κ3) is 3.87. The number of morpholine rings is 1. The van der Waals surface area contributed by atoms with Gasteiger partial charge in [0.25, 0.3) is 5.91 Å². The van der Waals surface area contributed by atoms with Crippen molar-refractivity contribution in [2.75, 3.05) is 43.1 Å². The van der Waals surface area contributed by atoms with Crippen LogP contribution in [0.4, 0.5) is 11.4 Å². The quantitative estimate of drug-likeness (QED) is 0.887. The number of hydrogen-bond donors (Lipinski definition) is 1. The maximum Gasteiger partial charge on any atom is 0.254 e. The first-order valence-electron chi connectivity index (χ1n) is 9.73. The van der Waals surface area contributed by atoms with E-state index >= 15 is 0 Å². The number of hydrogen-bond acceptors (Lipinski definition) is 4. The van der Waals surface area contributed by atoms with Crippen molar-refractivity contribution < 1.29 is 14.3 Å². The molecule has 146 valence electrons. The molecule has 2 amide bonds. The highest BCUT2D eigenvalue weighted by atomic mass is 16.5. The average molecular weight is 379 g/mol. The smallest absolute Gasteiger partial charge is 0.254 e. The van der Waals surface area contributed by atoms with E-state index in [1.807, 2.05) is 65.3 Å². The molecule has 1 unspecified atom stereocenters. The van der Waals surface area contributed by atoms with Gasteiger partial charge in [-0.15, -0.1) is 0 Å². The molecule has 1 atom stereocenters. The zero-order valence-electron chi connectivity index (χ0n) is 16.1. The summed E-state index contributed by atoms with van der Waals surface area (Å²) in [5.74, 6) is 0.0692. The fraction of sp³-hybridized carbons (Fsp3) is 0.364. The van der Waals surface area contributed by atoms with Crippen LogP contribution >= 0.6 is 0 Å². The van der Waals surface area contributed by atoms with Gasteiger partial charge < -0.3 is 19.9 Å². The Bertz CT molecular complexity index is 860. The number of benzene rings is 2. The highest BCUT2D eigenvalue weighted by molar-refractivity contribution is 6.01. The second kappa shape index (κ2) is 8.02. The van der Waals surface area contributed by atoms with Crippen LogP contribution in [0, 0.1) is 6.92 Å². The minimum absolute atomic E-state index is 0.00554. The standard InChI is InChI=1S/C22H25N3O3/c1-16-5-7-19(8-6-16)25-10-9-20(22(25)27)23-18-4-2-3-17(15-18)21(26)24-11-13-28-14-12-24/h2-8,15,20,23H,9-14H2,1H3. The second-order valence-corrected chi connectivity index (χ2v) is 7.30. The molecule has 0 saturated carbocycles. The molecule has 1 N–H and O–H groups in total. The molecule has 6 heteroatoms. The van der Waals surface area contributed by atoms with Crippen molar-refractivity contribution in [2.45, 2.75) is 19.4 Å². The molecule has 0 aliphatic carbocycles. The molecular weight excluding hydrogens is 354 g/mol. The largest absolute Gasteiger partial charge is 0.378 e. The highest BCUT2D eigenvalue weighted by Gasteiger charge is 2.32. The Kier molecular flexibility index (Phi) is 5.30. The molecule has 0 aromatic heterocycles. The predicted octanol–water partition coefficient (Wildman–Crippen LogP) is 2.68. The molecular formula is C22H25N3O3. The summed E-state index contributed by atoms with van der Waals surface area (Å²) in [6, 6.07) is 15.1. The first-order chi connectivity index (χ1) is 13.6. The summed E-state index contributed by atoms with van der Waals surface area (Å²) < 4.78 is 5.31. The minimum Gasteiger partial charge on any atom is -0.378 e. The van der Waals surface area contributed by atoms with Gasteiger partial charge in [0, 0.05) is 36.6 Å². The number of nitrogens with one attached hydrogen (secondary N) is 1. The molecule has 2 aromatic carbocycles. The summed E-state index contributed by atoms with van der Waals surface area (Å²) in [7, 11) is 0. The van der Waals surface area contributed by atoms with Gasteiger partial charge in [0.15, 0.2) is 0 Å². The number of carbonyl (C=O) groups excluding carboxylic acids is 2. The van der Waals surface area contributed by atoms with E-state index < -0.39 is 0 Å². The molecule has 2 aromatic rings. The van der Waals surface area contributed by atoms with Gasteiger partial charge in [-0.25, -0.2) is 0 Å². The van der Waals surface area contributed by atoms with Gasteiger partial charge in [-0.1, -0.05) is 23.8 Å². The summed E-state index contributed by atoms with van der Waals surface area (Å²) in [5.41, 5.74) is 3.53. The Labute approximate surface area is 165 Å². The predicted molar refractivity (Wildman–Crippen MR) is 109 cm³/mol. The van der Waals surface area contributed by atoms with Crippen LogP contribution in [-0.4, -0.2) is 55.6 Å². The minimum atomic E-state index is -0.282. The monoisotopic (exact) mass is 379 g/mol. The number of amides is 2. The van der Waals surface area contributed by atoms with Crippen LogP contribution in [0.1, 0.15) is 22.3 Å². The molecule has 6 nitrogen and oxygen atoms in total. The lowest BCUT2D eigenvalue weighted by Crippen LogP contribution is -2.40. The number of ether oxygens (including phenoxy) is 1. The summed E-state index contributed by atoms with van der Waals surface area (Å²) in [4.78, 5) is 29.1. The summed E-state index contributed by atoms with van der Waals surface area (Å²) in [6.45, 7) is 5.10. The number of rotatable bonds is 4. The van der Waals surface area contributed by atoms with Crippen molar-refractivity contribution in [3.63, 3.8) is 0 Å². The molecule has 0 spiro atoms. The van der Waals surface area contributed by atoms with Gasteiger partial charge in [0.05, 0.1) is 13.2 Å². The Morgan fingerprint density at radius 1 is 1.07 bits per heavy atom. The Morgan fingerprint density at radius 2 is 1.82 bits per heavy atom. The van der Waals surface area contributed by atoms with Crippen molar-refractivity contribution in [3.8, 4) is 0 Å². The fourth-order valence-corrected chi connectivity index (χ4v) is 3.69. The Balaban J connectivity index is 1.44. The van der Waals surface area contributed by atoms with Crippen LogP contribution in [0.5, 0.6) is 0 Å². The third-order valence-corrected chi connectivity index (χ3v) is 5.30. The number of aryl methyl sites for hydroxylation is 1. The Morgan fingerprint density at radius 3 is 2.57 bits per heavy atom. The molecule has 2 aliphatic rings. The lowest BCUT2D eigenvalue weighted by Gasteiger charge is -2.27. The van der Waals surface area contributed by atoms with Gasteiger partial charge >= 0.3 is 0 Å². The molecule has 0 radical (unpaired) electrons. The lowest BCUT2D eigenvalue weighted by molar-refractivity contribution is -0.117. The van der Waals surface area contributed by atoms with Crippen LogP contribution in [-0.2, 0) is 9.53 Å².